The number of carbonyl (C=O) groups excluding carboxylic acids is 1. The molecule has 2 aliphatic rings. The Balaban J connectivity index is 1.40. The van der Waals surface area contributed by atoms with Gasteiger partial charge < -0.3 is 4.90 Å². The highest BCUT2D eigenvalue weighted by Gasteiger charge is 2.21. The van der Waals surface area contributed by atoms with Gasteiger partial charge in [0.2, 0.25) is 0 Å². The van der Waals surface area contributed by atoms with E-state index in [9.17, 15) is 4.79 Å². The van der Waals surface area contributed by atoms with E-state index in [0.29, 0.717) is 0 Å². The number of carbonyl (C=O) groups is 1. The molecule has 2 aromatic rings. The number of hydrogen-bond acceptors (Lipinski definition) is 2. The van der Waals surface area contributed by atoms with Crippen LogP contribution in [0.1, 0.15) is 46.8 Å². The summed E-state index contributed by atoms with van der Waals surface area (Å²) < 4.78 is 0. The van der Waals surface area contributed by atoms with Crippen LogP contribution in [0.5, 0.6) is 0 Å². The quantitative estimate of drug-likeness (QED) is 0.833. The summed E-state index contributed by atoms with van der Waals surface area (Å²) >= 11 is 0. The Bertz CT molecular complexity index is 768. The van der Waals surface area contributed by atoms with Gasteiger partial charge in [0.25, 0.3) is 5.91 Å². The van der Waals surface area contributed by atoms with Crippen molar-refractivity contribution in [1.29, 1.82) is 0 Å². The molecule has 1 atom stereocenters. The van der Waals surface area contributed by atoms with Gasteiger partial charge in [-0.1, -0.05) is 43.3 Å². The van der Waals surface area contributed by atoms with Crippen molar-refractivity contribution >= 4 is 5.91 Å². The van der Waals surface area contributed by atoms with Crippen LogP contribution in [0, 0.1) is 5.92 Å². The molecule has 26 heavy (non-hydrogen) atoms. The first-order valence-corrected chi connectivity index (χ1v) is 9.86. The summed E-state index contributed by atoms with van der Waals surface area (Å²) in [5.74, 6) is 0.948. The molecular formula is C23H28N2O. The van der Waals surface area contributed by atoms with Crippen LogP contribution in [0.3, 0.4) is 0 Å². The van der Waals surface area contributed by atoms with E-state index in [0.717, 1.165) is 37.5 Å². The maximum absolute atomic E-state index is 12.9. The normalized spacial score (nSPS) is 20.7. The summed E-state index contributed by atoms with van der Waals surface area (Å²) in [5.41, 5.74) is 4.77. The van der Waals surface area contributed by atoms with Gasteiger partial charge in [0, 0.05) is 31.7 Å². The van der Waals surface area contributed by atoms with Crippen molar-refractivity contribution in [2.24, 2.45) is 5.92 Å². The molecule has 0 N–H and O–H groups in total. The standard InChI is InChI=1S/C23H28N2O/c1-18-5-4-13-24(15-18)16-19-8-10-21(11-9-19)23(26)25-14-12-20-6-2-3-7-22(20)17-25/h2-3,6-11,18H,4-5,12-17H2,1H3/t18-/m0/s1. The zero-order valence-electron chi connectivity index (χ0n) is 15.7. The van der Waals surface area contributed by atoms with Crippen molar-refractivity contribution in [2.45, 2.75) is 39.3 Å². The number of hydrogen-bond donors (Lipinski definition) is 0. The van der Waals surface area contributed by atoms with Crippen molar-refractivity contribution in [3.8, 4) is 0 Å². The Morgan fingerprint density at radius 3 is 2.58 bits per heavy atom. The van der Waals surface area contributed by atoms with Gasteiger partial charge in [0.05, 0.1) is 0 Å². The van der Waals surface area contributed by atoms with E-state index in [4.69, 9.17) is 0 Å². The Morgan fingerprint density at radius 1 is 1.04 bits per heavy atom. The SMILES string of the molecule is C[C@H]1CCCN(Cc2ccc(C(=O)N3CCc4ccccc4C3)cc2)C1. The zero-order chi connectivity index (χ0) is 17.9. The van der Waals surface area contributed by atoms with Gasteiger partial charge >= 0.3 is 0 Å². The summed E-state index contributed by atoms with van der Waals surface area (Å²) in [4.78, 5) is 17.4. The van der Waals surface area contributed by atoms with Crippen LogP contribution < -0.4 is 0 Å². The van der Waals surface area contributed by atoms with E-state index >= 15 is 0 Å². The highest BCUT2D eigenvalue weighted by molar-refractivity contribution is 5.94. The largest absolute Gasteiger partial charge is 0.334 e. The van der Waals surface area contributed by atoms with Gasteiger partial charge in [-0.05, 0) is 60.5 Å². The van der Waals surface area contributed by atoms with Gasteiger partial charge in [-0.15, -0.1) is 0 Å². The fourth-order valence-electron chi connectivity index (χ4n) is 4.29. The molecular weight excluding hydrogens is 320 g/mol. The third-order valence-corrected chi connectivity index (χ3v) is 5.77. The van der Waals surface area contributed by atoms with Gasteiger partial charge in [0.1, 0.15) is 0 Å². The van der Waals surface area contributed by atoms with Crippen molar-refractivity contribution in [1.82, 2.24) is 9.80 Å². The van der Waals surface area contributed by atoms with Crippen LogP contribution in [0.4, 0.5) is 0 Å². The van der Waals surface area contributed by atoms with E-state index in [1.54, 1.807) is 0 Å². The molecule has 0 radical (unpaired) electrons. The van der Waals surface area contributed by atoms with Gasteiger partial charge in [0.15, 0.2) is 0 Å². The van der Waals surface area contributed by atoms with Crippen molar-refractivity contribution in [2.75, 3.05) is 19.6 Å². The molecule has 2 aliphatic heterocycles. The molecule has 0 unspecified atom stereocenters. The third kappa shape index (κ3) is 3.83. The molecule has 1 saturated heterocycles. The third-order valence-electron chi connectivity index (χ3n) is 5.77. The maximum atomic E-state index is 12.9. The molecule has 0 spiro atoms. The minimum absolute atomic E-state index is 0.151. The molecule has 136 valence electrons. The lowest BCUT2D eigenvalue weighted by atomic mass is 9.98. The second-order valence-corrected chi connectivity index (χ2v) is 7.92. The maximum Gasteiger partial charge on any atom is 0.254 e. The number of likely N-dealkylation sites (tertiary alicyclic amines) is 1. The van der Waals surface area contributed by atoms with E-state index < -0.39 is 0 Å². The molecule has 0 aromatic heterocycles. The molecule has 2 aromatic carbocycles. The van der Waals surface area contributed by atoms with Crippen molar-refractivity contribution in [3.05, 3.63) is 70.8 Å². The number of nitrogens with zero attached hydrogens (tertiary/aromatic N) is 2. The summed E-state index contributed by atoms with van der Waals surface area (Å²) in [7, 11) is 0. The number of rotatable bonds is 3. The van der Waals surface area contributed by atoms with Crippen molar-refractivity contribution < 1.29 is 4.79 Å². The summed E-state index contributed by atoms with van der Waals surface area (Å²) in [6, 6.07) is 16.7. The lowest BCUT2D eigenvalue weighted by molar-refractivity contribution is 0.0734. The van der Waals surface area contributed by atoms with Gasteiger partial charge in [-0.3, -0.25) is 9.69 Å². The average molecular weight is 348 g/mol. The first-order chi connectivity index (χ1) is 12.7. The molecule has 0 aliphatic carbocycles. The summed E-state index contributed by atoms with van der Waals surface area (Å²) in [5, 5.41) is 0. The van der Waals surface area contributed by atoms with E-state index in [1.165, 1.54) is 42.6 Å². The smallest absolute Gasteiger partial charge is 0.254 e. The van der Waals surface area contributed by atoms with E-state index in [1.807, 2.05) is 17.0 Å². The highest BCUT2D eigenvalue weighted by atomic mass is 16.2. The van der Waals surface area contributed by atoms with E-state index in [2.05, 4.69) is 48.2 Å². The molecule has 3 nitrogen and oxygen atoms in total. The molecule has 1 amide bonds. The topological polar surface area (TPSA) is 23.6 Å². The van der Waals surface area contributed by atoms with Crippen LogP contribution >= 0.6 is 0 Å². The van der Waals surface area contributed by atoms with Crippen LogP contribution in [0.15, 0.2) is 48.5 Å². The molecule has 3 heteroatoms. The van der Waals surface area contributed by atoms with Crippen LogP contribution in [-0.2, 0) is 19.5 Å². The molecule has 0 bridgehead atoms. The van der Waals surface area contributed by atoms with E-state index in [-0.39, 0.29) is 5.91 Å². The number of piperidine rings is 1. The lowest BCUT2D eigenvalue weighted by Gasteiger charge is -2.31. The van der Waals surface area contributed by atoms with Crippen LogP contribution in [0.25, 0.3) is 0 Å². The first-order valence-electron chi connectivity index (χ1n) is 9.86. The Morgan fingerprint density at radius 2 is 1.81 bits per heavy atom. The Labute approximate surface area is 156 Å². The monoisotopic (exact) mass is 348 g/mol. The fourth-order valence-corrected chi connectivity index (χ4v) is 4.29. The van der Waals surface area contributed by atoms with Crippen LogP contribution in [-0.4, -0.2) is 35.3 Å². The lowest BCUT2D eigenvalue weighted by Crippen LogP contribution is -2.36. The van der Waals surface area contributed by atoms with Gasteiger partial charge in [-0.2, -0.15) is 0 Å². The molecule has 1 fully saturated rings. The summed E-state index contributed by atoms with van der Waals surface area (Å²) in [6.07, 6.45) is 3.60. The second-order valence-electron chi connectivity index (χ2n) is 7.92. The minimum Gasteiger partial charge on any atom is -0.334 e. The number of benzene rings is 2. The van der Waals surface area contributed by atoms with Crippen LogP contribution in [0.2, 0.25) is 0 Å². The first kappa shape index (κ1) is 17.3. The predicted molar refractivity (Wildman–Crippen MR) is 105 cm³/mol. The number of fused-ring (bicyclic) bond motifs is 1. The fraction of sp³-hybridized carbons (Fsp3) is 0.435. The molecule has 2 heterocycles. The Hall–Kier alpha value is -2.13. The highest BCUT2D eigenvalue weighted by Crippen LogP contribution is 2.21. The summed E-state index contributed by atoms with van der Waals surface area (Å²) in [6.45, 7) is 7.25. The number of amides is 1. The average Bonchev–Trinajstić information content (AvgIpc) is 2.68. The Kier molecular flexibility index (Phi) is 5.07. The second kappa shape index (κ2) is 7.63. The van der Waals surface area contributed by atoms with Crippen molar-refractivity contribution in [3.63, 3.8) is 0 Å². The molecule has 0 saturated carbocycles. The predicted octanol–water partition coefficient (Wildman–Crippen LogP) is 4.12. The zero-order valence-corrected chi connectivity index (χ0v) is 15.7. The minimum atomic E-state index is 0.151. The molecule has 4 rings (SSSR count). The van der Waals surface area contributed by atoms with Gasteiger partial charge in [-0.25, -0.2) is 0 Å².